The zero-order valence-corrected chi connectivity index (χ0v) is 16.7. The van der Waals surface area contributed by atoms with Crippen LogP contribution < -0.4 is 15.0 Å². The van der Waals surface area contributed by atoms with Gasteiger partial charge in [0.25, 0.3) is 5.91 Å². The average Bonchev–Trinajstić information content (AvgIpc) is 2.88. The van der Waals surface area contributed by atoms with Gasteiger partial charge in [0.2, 0.25) is 0 Å². The molecule has 3 rings (SSSR count). The molecule has 1 N–H and O–H groups in total. The molecule has 7 heteroatoms. The van der Waals surface area contributed by atoms with Crippen molar-refractivity contribution in [1.29, 1.82) is 0 Å². The summed E-state index contributed by atoms with van der Waals surface area (Å²) in [6.45, 7) is 3.99. The third kappa shape index (κ3) is 3.73. The van der Waals surface area contributed by atoms with Crippen LogP contribution in [0.15, 0.2) is 69.8 Å². The van der Waals surface area contributed by atoms with Crippen molar-refractivity contribution < 1.29 is 14.3 Å². The second-order valence-corrected chi connectivity index (χ2v) is 7.09. The van der Waals surface area contributed by atoms with Crippen LogP contribution >= 0.6 is 31.9 Å². The highest BCUT2D eigenvalue weighted by atomic mass is 79.9. The molecule has 1 aliphatic heterocycles. The van der Waals surface area contributed by atoms with Gasteiger partial charge in [-0.25, -0.2) is 9.69 Å². The fraction of sp³-hybridized carbons (Fsp3) is 0.0526. The number of hydrogen-bond donors (Lipinski definition) is 1. The molecule has 0 saturated carbocycles. The van der Waals surface area contributed by atoms with Gasteiger partial charge in [0.1, 0.15) is 18.1 Å². The summed E-state index contributed by atoms with van der Waals surface area (Å²) in [6.07, 6.45) is 3.27. The van der Waals surface area contributed by atoms with Crippen molar-refractivity contribution in [3.05, 3.63) is 75.3 Å². The van der Waals surface area contributed by atoms with Gasteiger partial charge in [-0.1, -0.05) is 30.9 Å². The predicted octanol–water partition coefficient (Wildman–Crippen LogP) is 4.87. The summed E-state index contributed by atoms with van der Waals surface area (Å²) in [7, 11) is 0. The Balaban J connectivity index is 1.90. The quantitative estimate of drug-likeness (QED) is 0.379. The lowest BCUT2D eigenvalue weighted by Crippen LogP contribution is -2.30. The number of halogens is 2. The first-order valence-corrected chi connectivity index (χ1v) is 9.25. The molecule has 0 radical (unpaired) electrons. The molecule has 3 amide bonds. The molecule has 0 aromatic heterocycles. The molecule has 2 aromatic carbocycles. The molecule has 0 spiro atoms. The minimum Gasteiger partial charge on any atom is -0.487 e. The zero-order valence-electron chi connectivity index (χ0n) is 13.5. The molecule has 26 heavy (non-hydrogen) atoms. The summed E-state index contributed by atoms with van der Waals surface area (Å²) in [4.78, 5) is 25.9. The van der Waals surface area contributed by atoms with Crippen LogP contribution in [0, 0.1) is 0 Å². The second kappa shape index (κ2) is 7.88. The number of nitrogens with one attached hydrogen (secondary N) is 1. The van der Waals surface area contributed by atoms with Crippen LogP contribution in [-0.2, 0) is 4.79 Å². The number of ether oxygens (including phenoxy) is 1. The van der Waals surface area contributed by atoms with Gasteiger partial charge in [0.05, 0.1) is 14.6 Å². The molecule has 1 saturated heterocycles. The predicted molar refractivity (Wildman–Crippen MR) is 108 cm³/mol. The van der Waals surface area contributed by atoms with Crippen LogP contribution in [0.1, 0.15) is 5.56 Å². The first-order valence-electron chi connectivity index (χ1n) is 7.66. The fourth-order valence-corrected chi connectivity index (χ4v) is 3.91. The lowest BCUT2D eigenvalue weighted by atomic mass is 10.2. The summed E-state index contributed by atoms with van der Waals surface area (Å²) in [5, 5.41) is 2.61. The minimum atomic E-state index is -0.475. The molecule has 1 aliphatic rings. The molecular formula is C19H14Br2N2O3. The number of carbonyl (C=O) groups excluding carboxylic acids is 2. The van der Waals surface area contributed by atoms with Gasteiger partial charge in [-0.15, -0.1) is 0 Å². The first kappa shape index (κ1) is 18.4. The number of nitrogens with zero attached hydrogens (tertiary/aromatic N) is 1. The number of urea groups is 1. The monoisotopic (exact) mass is 476 g/mol. The highest BCUT2D eigenvalue weighted by Gasteiger charge is 2.34. The van der Waals surface area contributed by atoms with Crippen LogP contribution in [0.5, 0.6) is 5.75 Å². The van der Waals surface area contributed by atoms with E-state index in [2.05, 4.69) is 43.8 Å². The van der Waals surface area contributed by atoms with Crippen LogP contribution in [0.4, 0.5) is 10.5 Å². The average molecular weight is 478 g/mol. The van der Waals surface area contributed by atoms with E-state index in [4.69, 9.17) is 4.74 Å². The molecule has 0 unspecified atom stereocenters. The van der Waals surface area contributed by atoms with Crippen LogP contribution in [0.25, 0.3) is 6.08 Å². The summed E-state index contributed by atoms with van der Waals surface area (Å²) < 4.78 is 7.02. The molecule has 132 valence electrons. The van der Waals surface area contributed by atoms with Crippen molar-refractivity contribution in [2.45, 2.75) is 0 Å². The van der Waals surface area contributed by atoms with Crippen LogP contribution in [0.3, 0.4) is 0 Å². The minimum absolute atomic E-state index is 0.206. The fourth-order valence-electron chi connectivity index (χ4n) is 2.46. The number of anilines is 1. The molecular weight excluding hydrogens is 464 g/mol. The van der Waals surface area contributed by atoms with E-state index in [-0.39, 0.29) is 5.70 Å². The topological polar surface area (TPSA) is 58.6 Å². The van der Waals surface area contributed by atoms with E-state index in [1.54, 1.807) is 48.6 Å². The Labute approximate surface area is 167 Å². The maximum Gasteiger partial charge on any atom is 0.333 e. The van der Waals surface area contributed by atoms with Gasteiger partial charge < -0.3 is 10.1 Å². The maximum absolute atomic E-state index is 12.6. The van der Waals surface area contributed by atoms with E-state index in [0.29, 0.717) is 18.0 Å². The van der Waals surface area contributed by atoms with Crippen LogP contribution in [0.2, 0.25) is 0 Å². The van der Waals surface area contributed by atoms with Crippen molar-refractivity contribution in [3.8, 4) is 5.75 Å². The Morgan fingerprint density at radius 2 is 1.77 bits per heavy atom. The van der Waals surface area contributed by atoms with E-state index in [0.717, 1.165) is 19.4 Å². The second-order valence-electron chi connectivity index (χ2n) is 5.38. The molecule has 1 heterocycles. The normalized spacial score (nSPS) is 15.3. The lowest BCUT2D eigenvalue weighted by Gasteiger charge is -2.11. The lowest BCUT2D eigenvalue weighted by molar-refractivity contribution is -0.113. The zero-order chi connectivity index (χ0) is 18.7. The number of amides is 3. The Kier molecular flexibility index (Phi) is 5.58. The Morgan fingerprint density at radius 1 is 1.12 bits per heavy atom. The number of imide groups is 1. The van der Waals surface area contributed by atoms with Gasteiger partial charge in [0, 0.05) is 0 Å². The van der Waals surface area contributed by atoms with Gasteiger partial charge >= 0.3 is 6.03 Å². The highest BCUT2D eigenvalue weighted by molar-refractivity contribution is 9.11. The van der Waals surface area contributed by atoms with E-state index in [1.165, 1.54) is 0 Å². The van der Waals surface area contributed by atoms with E-state index in [1.807, 2.05) is 6.07 Å². The number of para-hydroxylation sites is 1. The van der Waals surface area contributed by atoms with E-state index < -0.39 is 11.9 Å². The largest absolute Gasteiger partial charge is 0.487 e. The molecule has 5 nitrogen and oxygen atoms in total. The molecule has 1 fully saturated rings. The smallest absolute Gasteiger partial charge is 0.333 e. The van der Waals surface area contributed by atoms with Crippen molar-refractivity contribution in [2.75, 3.05) is 11.5 Å². The van der Waals surface area contributed by atoms with Gasteiger partial charge in [0.15, 0.2) is 0 Å². The number of rotatable bonds is 5. The SMILES string of the molecule is C=CCOc1c(Br)cc(/C=C2\NC(=O)N(c3ccccc3)C2=O)cc1Br. The third-order valence-corrected chi connectivity index (χ3v) is 4.75. The molecule has 0 atom stereocenters. The third-order valence-electron chi connectivity index (χ3n) is 3.57. The Morgan fingerprint density at radius 3 is 2.38 bits per heavy atom. The Hall–Kier alpha value is -2.38. The molecule has 0 bridgehead atoms. The van der Waals surface area contributed by atoms with Crippen molar-refractivity contribution in [3.63, 3.8) is 0 Å². The standard InChI is InChI=1S/C19H14Br2N2O3/c1-2-8-26-17-14(20)9-12(10-15(17)21)11-16-18(24)23(19(25)22-16)13-6-4-3-5-7-13/h2-7,9-11H,1,8H2,(H,22,25)/b16-11-. The van der Waals surface area contributed by atoms with Gasteiger partial charge in [-0.2, -0.15) is 0 Å². The first-order chi connectivity index (χ1) is 12.5. The summed E-state index contributed by atoms with van der Waals surface area (Å²) in [5.41, 5.74) is 1.46. The van der Waals surface area contributed by atoms with Crippen molar-refractivity contribution >= 4 is 55.6 Å². The molecule has 2 aromatic rings. The molecule has 0 aliphatic carbocycles. The number of benzene rings is 2. The van der Waals surface area contributed by atoms with Crippen molar-refractivity contribution in [1.82, 2.24) is 5.32 Å². The summed E-state index contributed by atoms with van der Waals surface area (Å²) in [5.74, 6) is 0.236. The highest BCUT2D eigenvalue weighted by Crippen LogP contribution is 2.35. The summed E-state index contributed by atoms with van der Waals surface area (Å²) in [6, 6.07) is 11.9. The summed E-state index contributed by atoms with van der Waals surface area (Å²) >= 11 is 6.90. The van der Waals surface area contributed by atoms with Crippen LogP contribution in [-0.4, -0.2) is 18.5 Å². The van der Waals surface area contributed by atoms with Gasteiger partial charge in [-0.05, 0) is 67.8 Å². The van der Waals surface area contributed by atoms with Crippen molar-refractivity contribution in [2.24, 2.45) is 0 Å². The van der Waals surface area contributed by atoms with E-state index >= 15 is 0 Å². The van der Waals surface area contributed by atoms with E-state index in [9.17, 15) is 9.59 Å². The Bertz CT molecular complexity index is 887. The maximum atomic E-state index is 12.6. The van der Waals surface area contributed by atoms with Gasteiger partial charge in [-0.3, -0.25) is 4.79 Å². The number of hydrogen-bond acceptors (Lipinski definition) is 3. The number of carbonyl (C=O) groups is 2.